The fourth-order valence-electron chi connectivity index (χ4n) is 2.84. The second-order valence-electron chi connectivity index (χ2n) is 5.19. The third kappa shape index (κ3) is 2.03. The molecule has 0 saturated carbocycles. The molecular formula is C15H19NO4. The summed E-state index contributed by atoms with van der Waals surface area (Å²) >= 11 is 0. The Morgan fingerprint density at radius 3 is 2.70 bits per heavy atom. The zero-order chi connectivity index (χ0) is 14.3. The molecule has 0 bridgehead atoms. The number of aryl methyl sites for hydroxylation is 1. The summed E-state index contributed by atoms with van der Waals surface area (Å²) in [7, 11) is 0. The zero-order valence-electron chi connectivity index (χ0n) is 11.3. The molecule has 0 amide bonds. The van der Waals surface area contributed by atoms with Gasteiger partial charge in [0.15, 0.2) is 0 Å². The van der Waals surface area contributed by atoms with Gasteiger partial charge in [-0.2, -0.15) is 0 Å². The van der Waals surface area contributed by atoms with Crippen LogP contribution in [0.3, 0.4) is 0 Å². The van der Waals surface area contributed by atoms with Gasteiger partial charge in [-0.15, -0.1) is 0 Å². The number of hydrogen-bond donors (Lipinski definition) is 3. The van der Waals surface area contributed by atoms with Crippen molar-refractivity contribution in [3.63, 3.8) is 0 Å². The predicted molar refractivity (Wildman–Crippen MR) is 74.3 cm³/mol. The normalized spacial score (nSPS) is 30.8. The summed E-state index contributed by atoms with van der Waals surface area (Å²) in [6.07, 6.45) is -2.03. The van der Waals surface area contributed by atoms with E-state index in [1.807, 2.05) is 37.4 Å². The Hall–Kier alpha value is -1.40. The molecule has 1 aromatic heterocycles. The van der Waals surface area contributed by atoms with Crippen LogP contribution < -0.4 is 0 Å². The molecule has 1 saturated heterocycles. The minimum atomic E-state index is -1.18. The van der Waals surface area contributed by atoms with Crippen LogP contribution in [0.5, 0.6) is 0 Å². The Bertz CT molecular complexity index is 609. The van der Waals surface area contributed by atoms with Crippen LogP contribution >= 0.6 is 0 Å². The van der Waals surface area contributed by atoms with Crippen molar-refractivity contribution in [2.75, 3.05) is 6.61 Å². The predicted octanol–water partition coefficient (Wildman–Crippen LogP) is 0.815. The number of aromatic nitrogens is 1. The lowest BCUT2D eigenvalue weighted by Crippen LogP contribution is -2.48. The minimum absolute atomic E-state index is 0.0223. The highest BCUT2D eigenvalue weighted by molar-refractivity contribution is 5.84. The van der Waals surface area contributed by atoms with Crippen LogP contribution in [0.1, 0.15) is 18.6 Å². The van der Waals surface area contributed by atoms with Gasteiger partial charge in [0.25, 0.3) is 0 Å². The third-order valence-corrected chi connectivity index (χ3v) is 3.97. The minimum Gasteiger partial charge on any atom is -0.388 e. The van der Waals surface area contributed by atoms with Crippen molar-refractivity contribution < 1.29 is 20.1 Å². The fraction of sp³-hybridized carbons (Fsp3) is 0.467. The summed E-state index contributed by atoms with van der Waals surface area (Å²) in [4.78, 5) is 0. The Balaban J connectivity index is 2.06. The van der Waals surface area contributed by atoms with Crippen LogP contribution in [0.15, 0.2) is 30.5 Å². The van der Waals surface area contributed by atoms with Gasteiger partial charge in [0.05, 0.1) is 6.61 Å². The van der Waals surface area contributed by atoms with Gasteiger partial charge in [-0.3, -0.25) is 0 Å². The van der Waals surface area contributed by atoms with Gasteiger partial charge < -0.3 is 24.6 Å². The number of fused-ring (bicyclic) bond motifs is 1. The van der Waals surface area contributed by atoms with Crippen molar-refractivity contribution in [3.05, 3.63) is 36.0 Å². The first-order valence-electron chi connectivity index (χ1n) is 6.87. The van der Waals surface area contributed by atoms with Crippen LogP contribution in [-0.4, -0.2) is 44.8 Å². The van der Waals surface area contributed by atoms with Crippen LogP contribution in [0.2, 0.25) is 0 Å². The lowest BCUT2D eigenvalue weighted by Gasteiger charge is -2.35. The fourth-order valence-corrected chi connectivity index (χ4v) is 2.84. The first kappa shape index (κ1) is 13.6. The summed E-state index contributed by atoms with van der Waals surface area (Å²) in [5.41, 5.74) is 1.92. The number of ether oxygens (including phenoxy) is 1. The molecule has 1 aromatic carbocycles. The molecule has 0 spiro atoms. The molecule has 4 atom stereocenters. The molecule has 108 valence electrons. The van der Waals surface area contributed by atoms with E-state index in [2.05, 4.69) is 4.57 Å². The van der Waals surface area contributed by atoms with Crippen molar-refractivity contribution in [2.24, 2.45) is 0 Å². The van der Waals surface area contributed by atoms with Crippen molar-refractivity contribution in [1.82, 2.24) is 4.57 Å². The monoisotopic (exact) mass is 277 g/mol. The van der Waals surface area contributed by atoms with Gasteiger partial charge in [0.1, 0.15) is 24.4 Å². The molecule has 1 fully saturated rings. The summed E-state index contributed by atoms with van der Waals surface area (Å²) < 4.78 is 7.63. The maximum atomic E-state index is 10.2. The largest absolute Gasteiger partial charge is 0.388 e. The van der Waals surface area contributed by atoms with Gasteiger partial charge in [-0.05, 0) is 13.0 Å². The SMILES string of the molecule is CCn1cc([C@@H]2OC[C@@H](O)[C@H](O)[C@H]2O)c2ccccc21. The van der Waals surface area contributed by atoms with Gasteiger partial charge in [-0.1, -0.05) is 18.2 Å². The summed E-state index contributed by atoms with van der Waals surface area (Å²) in [6.45, 7) is 2.88. The second-order valence-corrected chi connectivity index (χ2v) is 5.19. The van der Waals surface area contributed by atoms with E-state index in [0.717, 1.165) is 23.0 Å². The van der Waals surface area contributed by atoms with E-state index in [1.54, 1.807) is 0 Å². The molecule has 1 aliphatic rings. The lowest BCUT2D eigenvalue weighted by atomic mass is 9.94. The highest BCUT2D eigenvalue weighted by atomic mass is 16.5. The number of rotatable bonds is 2. The lowest BCUT2D eigenvalue weighted by molar-refractivity contribution is -0.188. The molecule has 0 unspecified atom stereocenters. The van der Waals surface area contributed by atoms with Crippen molar-refractivity contribution in [2.45, 2.75) is 37.9 Å². The smallest absolute Gasteiger partial charge is 0.113 e. The van der Waals surface area contributed by atoms with Gasteiger partial charge in [0, 0.05) is 29.2 Å². The average Bonchev–Trinajstić information content (AvgIpc) is 2.84. The molecule has 3 N–H and O–H groups in total. The van der Waals surface area contributed by atoms with Crippen molar-refractivity contribution in [1.29, 1.82) is 0 Å². The molecular weight excluding hydrogens is 258 g/mol. The first-order chi connectivity index (χ1) is 9.63. The molecule has 5 nitrogen and oxygen atoms in total. The van der Waals surface area contributed by atoms with E-state index >= 15 is 0 Å². The number of aliphatic hydroxyl groups excluding tert-OH is 3. The summed E-state index contributed by atoms with van der Waals surface area (Å²) in [5.74, 6) is 0. The Labute approximate surface area is 117 Å². The molecule has 2 heterocycles. The Morgan fingerprint density at radius 2 is 1.95 bits per heavy atom. The molecule has 2 aromatic rings. The van der Waals surface area contributed by atoms with Gasteiger partial charge in [-0.25, -0.2) is 0 Å². The number of nitrogens with zero attached hydrogens (tertiary/aromatic N) is 1. The Morgan fingerprint density at radius 1 is 1.20 bits per heavy atom. The third-order valence-electron chi connectivity index (χ3n) is 3.97. The summed E-state index contributed by atoms with van der Waals surface area (Å²) in [6, 6.07) is 7.90. The maximum Gasteiger partial charge on any atom is 0.113 e. The van der Waals surface area contributed by atoms with E-state index < -0.39 is 24.4 Å². The highest BCUT2D eigenvalue weighted by Gasteiger charge is 2.39. The number of para-hydroxylation sites is 1. The van der Waals surface area contributed by atoms with Crippen molar-refractivity contribution in [3.8, 4) is 0 Å². The first-order valence-corrected chi connectivity index (χ1v) is 6.87. The van der Waals surface area contributed by atoms with Crippen molar-refractivity contribution >= 4 is 10.9 Å². The zero-order valence-corrected chi connectivity index (χ0v) is 11.3. The standard InChI is InChI=1S/C15H19NO4/c1-2-16-7-10(9-5-3-4-6-11(9)16)15-14(19)13(18)12(17)8-20-15/h3-7,12-15,17-19H,2,8H2,1H3/t12-,13+,14-,15+/m1/s1. The molecule has 20 heavy (non-hydrogen) atoms. The highest BCUT2D eigenvalue weighted by Crippen LogP contribution is 2.34. The molecule has 3 rings (SSSR count). The Kier molecular flexibility index (Phi) is 3.52. The topological polar surface area (TPSA) is 74.9 Å². The molecule has 0 radical (unpaired) electrons. The van der Waals surface area contributed by atoms with Crippen LogP contribution in [-0.2, 0) is 11.3 Å². The average molecular weight is 277 g/mol. The maximum absolute atomic E-state index is 10.2. The quantitative estimate of drug-likeness (QED) is 0.759. The molecule has 5 heteroatoms. The van der Waals surface area contributed by atoms with Gasteiger partial charge >= 0.3 is 0 Å². The van der Waals surface area contributed by atoms with Crippen LogP contribution in [0.25, 0.3) is 10.9 Å². The van der Waals surface area contributed by atoms with Crippen LogP contribution in [0, 0.1) is 0 Å². The van der Waals surface area contributed by atoms with Gasteiger partial charge in [0.2, 0.25) is 0 Å². The van der Waals surface area contributed by atoms with E-state index in [-0.39, 0.29) is 6.61 Å². The number of hydrogen-bond acceptors (Lipinski definition) is 4. The number of aliphatic hydroxyl groups is 3. The number of benzene rings is 1. The van der Waals surface area contributed by atoms with E-state index in [1.165, 1.54) is 0 Å². The van der Waals surface area contributed by atoms with Crippen LogP contribution in [0.4, 0.5) is 0 Å². The van der Waals surface area contributed by atoms with E-state index in [0.29, 0.717) is 0 Å². The summed E-state index contributed by atoms with van der Waals surface area (Å²) in [5, 5.41) is 30.5. The van der Waals surface area contributed by atoms with E-state index in [9.17, 15) is 15.3 Å². The molecule has 0 aliphatic carbocycles. The molecule has 1 aliphatic heterocycles. The second kappa shape index (κ2) is 5.18. The van der Waals surface area contributed by atoms with E-state index in [4.69, 9.17) is 4.74 Å².